The van der Waals surface area contributed by atoms with Crippen LogP contribution in [0.3, 0.4) is 0 Å². The molecule has 2 rings (SSSR count). The average molecular weight is 254 g/mol. The third kappa shape index (κ3) is 2.71. The lowest BCUT2D eigenvalue weighted by atomic mass is 9.91. The van der Waals surface area contributed by atoms with E-state index >= 15 is 0 Å². The van der Waals surface area contributed by atoms with Crippen molar-refractivity contribution in [2.45, 2.75) is 51.5 Å². The highest BCUT2D eigenvalue weighted by Gasteiger charge is 2.36. The first kappa shape index (κ1) is 13.5. The number of likely N-dealkylation sites (tertiary alicyclic amines) is 1. The molecule has 0 bridgehead atoms. The summed E-state index contributed by atoms with van der Waals surface area (Å²) in [6.07, 6.45) is 1.60. The Bertz CT molecular complexity index is 403. The molecule has 6 heteroatoms. The van der Waals surface area contributed by atoms with Gasteiger partial charge in [0.15, 0.2) is 0 Å². The zero-order valence-corrected chi connectivity index (χ0v) is 11.2. The SMILES string of the molecule is CC(C)n1cnnc1CN1CC[C@@](C)(O)[C@H](O)C1. The van der Waals surface area contributed by atoms with Crippen molar-refractivity contribution >= 4 is 0 Å². The number of hydrogen-bond acceptors (Lipinski definition) is 5. The fraction of sp³-hybridized carbons (Fsp3) is 0.833. The van der Waals surface area contributed by atoms with Gasteiger partial charge >= 0.3 is 0 Å². The third-order valence-corrected chi connectivity index (χ3v) is 3.65. The number of rotatable bonds is 3. The standard InChI is InChI=1S/C12H22N4O2/c1-9(2)16-8-13-14-11(16)7-15-5-4-12(3,18)10(17)6-15/h8-10,17-18H,4-7H2,1-3H3/t10-,12-/m1/s1. The minimum absolute atomic E-state index is 0.327. The maximum absolute atomic E-state index is 9.92. The van der Waals surface area contributed by atoms with Crippen LogP contribution in [-0.4, -0.2) is 54.7 Å². The molecule has 1 saturated heterocycles. The molecule has 1 aliphatic rings. The second-order valence-electron chi connectivity index (χ2n) is 5.61. The van der Waals surface area contributed by atoms with Crippen LogP contribution < -0.4 is 0 Å². The Kier molecular flexibility index (Phi) is 3.70. The van der Waals surface area contributed by atoms with Crippen LogP contribution in [0.25, 0.3) is 0 Å². The number of β-amino-alcohol motifs (C(OH)–C–C–N with tert-alkyl or cyclic N) is 1. The number of piperidine rings is 1. The third-order valence-electron chi connectivity index (χ3n) is 3.65. The molecule has 102 valence electrons. The van der Waals surface area contributed by atoms with Crippen LogP contribution in [0.5, 0.6) is 0 Å². The van der Waals surface area contributed by atoms with E-state index in [1.165, 1.54) is 0 Å². The molecule has 1 aromatic heterocycles. The Morgan fingerprint density at radius 2 is 2.28 bits per heavy atom. The van der Waals surface area contributed by atoms with Crippen molar-refractivity contribution in [1.82, 2.24) is 19.7 Å². The van der Waals surface area contributed by atoms with Crippen molar-refractivity contribution in [3.05, 3.63) is 12.2 Å². The van der Waals surface area contributed by atoms with Gasteiger partial charge in [-0.15, -0.1) is 10.2 Å². The van der Waals surface area contributed by atoms with E-state index in [1.807, 2.05) is 4.57 Å². The molecule has 0 saturated carbocycles. The van der Waals surface area contributed by atoms with Gasteiger partial charge in [0.2, 0.25) is 0 Å². The van der Waals surface area contributed by atoms with Crippen LogP contribution in [0.15, 0.2) is 6.33 Å². The molecular weight excluding hydrogens is 232 g/mol. The van der Waals surface area contributed by atoms with Crippen molar-refractivity contribution < 1.29 is 10.2 Å². The number of aromatic nitrogens is 3. The summed E-state index contributed by atoms with van der Waals surface area (Å²) in [7, 11) is 0. The quantitative estimate of drug-likeness (QED) is 0.804. The Labute approximate surface area is 107 Å². The second-order valence-corrected chi connectivity index (χ2v) is 5.61. The average Bonchev–Trinajstić information content (AvgIpc) is 2.72. The highest BCUT2D eigenvalue weighted by atomic mass is 16.3. The molecule has 1 aliphatic heterocycles. The first-order chi connectivity index (χ1) is 8.40. The molecule has 1 aromatic rings. The minimum Gasteiger partial charge on any atom is -0.389 e. The predicted octanol–water partition coefficient (Wildman–Crippen LogP) is 0.177. The number of nitrogens with zero attached hydrogens (tertiary/aromatic N) is 4. The van der Waals surface area contributed by atoms with E-state index < -0.39 is 11.7 Å². The van der Waals surface area contributed by atoms with E-state index in [9.17, 15) is 10.2 Å². The second kappa shape index (κ2) is 4.95. The molecule has 2 atom stereocenters. The van der Waals surface area contributed by atoms with Gasteiger partial charge < -0.3 is 14.8 Å². The van der Waals surface area contributed by atoms with Crippen LogP contribution in [0, 0.1) is 0 Å². The number of aliphatic hydroxyl groups is 2. The van der Waals surface area contributed by atoms with E-state index in [0.717, 1.165) is 12.4 Å². The lowest BCUT2D eigenvalue weighted by Gasteiger charge is -2.39. The van der Waals surface area contributed by atoms with Crippen LogP contribution >= 0.6 is 0 Å². The summed E-state index contributed by atoms with van der Waals surface area (Å²) in [5.41, 5.74) is -0.970. The Hall–Kier alpha value is -0.980. The van der Waals surface area contributed by atoms with Gasteiger partial charge in [-0.1, -0.05) is 0 Å². The van der Waals surface area contributed by atoms with Crippen molar-refractivity contribution in [2.24, 2.45) is 0 Å². The highest BCUT2D eigenvalue weighted by Crippen LogP contribution is 2.23. The molecule has 0 aromatic carbocycles. The Morgan fingerprint density at radius 3 is 2.89 bits per heavy atom. The number of aliphatic hydroxyl groups excluding tert-OH is 1. The maximum atomic E-state index is 9.92. The molecular formula is C12H22N4O2. The summed E-state index contributed by atoms with van der Waals surface area (Å²) in [5, 5.41) is 27.9. The molecule has 18 heavy (non-hydrogen) atoms. The molecule has 0 unspecified atom stereocenters. The van der Waals surface area contributed by atoms with Gasteiger partial charge in [0.1, 0.15) is 12.2 Å². The predicted molar refractivity (Wildman–Crippen MR) is 66.9 cm³/mol. The van der Waals surface area contributed by atoms with Crippen molar-refractivity contribution in [1.29, 1.82) is 0 Å². The van der Waals surface area contributed by atoms with Crippen LogP contribution in [0.2, 0.25) is 0 Å². The van der Waals surface area contributed by atoms with Crippen LogP contribution in [0.4, 0.5) is 0 Å². The van der Waals surface area contributed by atoms with Gasteiger partial charge in [0.25, 0.3) is 0 Å². The summed E-state index contributed by atoms with van der Waals surface area (Å²) < 4.78 is 2.03. The summed E-state index contributed by atoms with van der Waals surface area (Å²) in [6, 6.07) is 0.327. The van der Waals surface area contributed by atoms with E-state index in [2.05, 4.69) is 28.9 Å². The largest absolute Gasteiger partial charge is 0.389 e. The highest BCUT2D eigenvalue weighted by molar-refractivity contribution is 4.94. The van der Waals surface area contributed by atoms with Gasteiger partial charge in [-0.25, -0.2) is 0 Å². The summed E-state index contributed by atoms with van der Waals surface area (Å²) in [4.78, 5) is 2.10. The summed E-state index contributed by atoms with van der Waals surface area (Å²) in [6.45, 7) is 7.75. The summed E-state index contributed by atoms with van der Waals surface area (Å²) >= 11 is 0. The Morgan fingerprint density at radius 1 is 1.56 bits per heavy atom. The van der Waals surface area contributed by atoms with E-state index in [4.69, 9.17) is 0 Å². The first-order valence-corrected chi connectivity index (χ1v) is 6.41. The molecule has 0 aliphatic carbocycles. The monoisotopic (exact) mass is 254 g/mol. The fourth-order valence-electron chi connectivity index (χ4n) is 2.24. The minimum atomic E-state index is -0.970. The zero-order chi connectivity index (χ0) is 13.3. The molecule has 0 spiro atoms. The van der Waals surface area contributed by atoms with Crippen molar-refractivity contribution in [2.75, 3.05) is 13.1 Å². The van der Waals surface area contributed by atoms with Gasteiger partial charge in [0, 0.05) is 19.1 Å². The topological polar surface area (TPSA) is 74.4 Å². The summed E-state index contributed by atoms with van der Waals surface area (Å²) in [5.74, 6) is 0.902. The van der Waals surface area contributed by atoms with E-state index in [0.29, 0.717) is 25.6 Å². The first-order valence-electron chi connectivity index (χ1n) is 6.41. The lowest BCUT2D eigenvalue weighted by Crippen LogP contribution is -2.53. The lowest BCUT2D eigenvalue weighted by molar-refractivity contribution is -0.109. The van der Waals surface area contributed by atoms with Gasteiger partial charge in [0.05, 0.1) is 18.2 Å². The molecule has 0 amide bonds. The van der Waals surface area contributed by atoms with Crippen molar-refractivity contribution in [3.8, 4) is 0 Å². The van der Waals surface area contributed by atoms with Crippen molar-refractivity contribution in [3.63, 3.8) is 0 Å². The Balaban J connectivity index is 2.01. The molecule has 1 fully saturated rings. The van der Waals surface area contributed by atoms with E-state index in [1.54, 1.807) is 13.3 Å². The number of hydrogen-bond donors (Lipinski definition) is 2. The zero-order valence-electron chi connectivity index (χ0n) is 11.2. The molecule has 2 heterocycles. The maximum Gasteiger partial charge on any atom is 0.147 e. The molecule has 6 nitrogen and oxygen atoms in total. The molecule has 0 radical (unpaired) electrons. The van der Waals surface area contributed by atoms with Gasteiger partial charge in [-0.2, -0.15) is 0 Å². The van der Waals surface area contributed by atoms with Gasteiger partial charge in [-0.3, -0.25) is 4.90 Å². The van der Waals surface area contributed by atoms with E-state index in [-0.39, 0.29) is 0 Å². The fourth-order valence-corrected chi connectivity index (χ4v) is 2.24. The normalized spacial score (nSPS) is 30.0. The van der Waals surface area contributed by atoms with Crippen LogP contribution in [-0.2, 0) is 6.54 Å². The smallest absolute Gasteiger partial charge is 0.147 e. The van der Waals surface area contributed by atoms with Crippen LogP contribution in [0.1, 0.15) is 39.1 Å². The molecule has 2 N–H and O–H groups in total. The van der Waals surface area contributed by atoms with Gasteiger partial charge in [-0.05, 0) is 27.2 Å².